The number of nitrogens with one attached hydrogen (secondary N) is 1. The number of carbonyl (C=O) groups is 2. The molecule has 1 aromatic carbocycles. The van der Waals surface area contributed by atoms with Crippen LogP contribution in [0.25, 0.3) is 0 Å². The molecule has 0 aliphatic heterocycles. The van der Waals surface area contributed by atoms with Crippen molar-refractivity contribution < 1.29 is 9.59 Å². The van der Waals surface area contributed by atoms with Gasteiger partial charge >= 0.3 is 0 Å². The zero-order valence-corrected chi connectivity index (χ0v) is 7.86. The number of amides is 2. The number of nitriles is 1. The maximum atomic E-state index is 11.1. The predicted octanol–water partition coefficient (Wildman–Crippen LogP) is 0.372. The van der Waals surface area contributed by atoms with Crippen molar-refractivity contribution >= 4 is 17.5 Å². The lowest BCUT2D eigenvalue weighted by atomic mass is 10.2. The Kier molecular flexibility index (Phi) is 3.41. The third-order valence-electron chi connectivity index (χ3n) is 1.63. The smallest absolute Gasteiger partial charge is 0.233 e. The summed E-state index contributed by atoms with van der Waals surface area (Å²) in [7, 11) is 0. The Bertz CT molecular complexity index is 417. The molecule has 0 heterocycles. The molecule has 0 saturated heterocycles. The highest BCUT2D eigenvalue weighted by Gasteiger charge is 2.05. The summed E-state index contributed by atoms with van der Waals surface area (Å²) < 4.78 is 0. The van der Waals surface area contributed by atoms with Gasteiger partial charge in [-0.25, -0.2) is 0 Å². The van der Waals surface area contributed by atoms with Crippen LogP contribution >= 0.6 is 0 Å². The van der Waals surface area contributed by atoms with Crippen LogP contribution in [-0.4, -0.2) is 11.8 Å². The summed E-state index contributed by atoms with van der Waals surface area (Å²) in [5, 5.41) is 11.0. The second-order valence-corrected chi connectivity index (χ2v) is 2.88. The van der Waals surface area contributed by atoms with Gasteiger partial charge in [-0.1, -0.05) is 0 Å². The normalized spacial score (nSPS) is 9.00. The molecule has 76 valence electrons. The van der Waals surface area contributed by atoms with Crippen LogP contribution in [0.1, 0.15) is 12.0 Å². The molecule has 0 bridgehead atoms. The van der Waals surface area contributed by atoms with Crippen molar-refractivity contribution in [3.05, 3.63) is 29.8 Å². The molecular formula is C10H9N3O2. The van der Waals surface area contributed by atoms with Gasteiger partial charge in [-0.2, -0.15) is 5.26 Å². The predicted molar refractivity (Wildman–Crippen MR) is 53.6 cm³/mol. The molecule has 0 unspecified atom stereocenters. The highest BCUT2D eigenvalue weighted by molar-refractivity contribution is 6.03. The van der Waals surface area contributed by atoms with E-state index in [0.29, 0.717) is 11.3 Å². The van der Waals surface area contributed by atoms with E-state index in [2.05, 4.69) is 5.32 Å². The Morgan fingerprint density at radius 3 is 2.40 bits per heavy atom. The quantitative estimate of drug-likeness (QED) is 0.694. The zero-order chi connectivity index (χ0) is 11.3. The van der Waals surface area contributed by atoms with Gasteiger partial charge in [-0.05, 0) is 24.3 Å². The molecule has 0 saturated carbocycles. The van der Waals surface area contributed by atoms with Crippen molar-refractivity contribution in [2.75, 3.05) is 5.32 Å². The molecule has 15 heavy (non-hydrogen) atoms. The highest BCUT2D eigenvalue weighted by atomic mass is 16.2. The number of nitrogens with zero attached hydrogens (tertiary/aromatic N) is 1. The van der Waals surface area contributed by atoms with Gasteiger partial charge in [0.15, 0.2) is 0 Å². The monoisotopic (exact) mass is 203 g/mol. The number of benzene rings is 1. The summed E-state index contributed by atoms with van der Waals surface area (Å²) in [6.07, 6.45) is -0.347. The number of carbonyl (C=O) groups excluding carboxylic acids is 2. The first-order valence-corrected chi connectivity index (χ1v) is 4.20. The number of hydrogen-bond donors (Lipinski definition) is 2. The third kappa shape index (κ3) is 3.48. The Hall–Kier alpha value is -2.35. The molecule has 0 radical (unpaired) electrons. The fourth-order valence-corrected chi connectivity index (χ4v) is 0.992. The number of primary amides is 1. The SMILES string of the molecule is N#Cc1ccc(NC(=O)CC(N)=O)cc1. The summed E-state index contributed by atoms with van der Waals surface area (Å²) >= 11 is 0. The van der Waals surface area contributed by atoms with Gasteiger partial charge in [0.1, 0.15) is 6.42 Å². The highest BCUT2D eigenvalue weighted by Crippen LogP contribution is 2.08. The fourth-order valence-electron chi connectivity index (χ4n) is 0.992. The molecule has 1 rings (SSSR count). The van der Waals surface area contributed by atoms with E-state index in [4.69, 9.17) is 11.0 Å². The maximum Gasteiger partial charge on any atom is 0.233 e. The molecule has 3 N–H and O–H groups in total. The molecule has 1 aromatic rings. The minimum absolute atomic E-state index is 0.347. The van der Waals surface area contributed by atoms with Crippen LogP contribution in [0, 0.1) is 11.3 Å². The molecule has 0 aromatic heterocycles. The van der Waals surface area contributed by atoms with Crippen LogP contribution in [0.5, 0.6) is 0 Å². The lowest BCUT2D eigenvalue weighted by Gasteiger charge is -2.02. The van der Waals surface area contributed by atoms with E-state index in [1.165, 1.54) is 0 Å². The summed E-state index contributed by atoms with van der Waals surface area (Å²) in [6.45, 7) is 0. The Labute approximate surface area is 86.5 Å². The van der Waals surface area contributed by atoms with Gasteiger partial charge in [0.05, 0.1) is 11.6 Å². The van der Waals surface area contributed by atoms with Crippen molar-refractivity contribution in [1.82, 2.24) is 0 Å². The summed E-state index contributed by atoms with van der Waals surface area (Å²) in [6, 6.07) is 8.25. The molecule has 0 atom stereocenters. The van der Waals surface area contributed by atoms with E-state index in [0.717, 1.165) is 0 Å². The molecule has 0 aliphatic carbocycles. The zero-order valence-electron chi connectivity index (χ0n) is 7.86. The number of nitrogens with two attached hydrogens (primary N) is 1. The average Bonchev–Trinajstić information content (AvgIpc) is 2.17. The van der Waals surface area contributed by atoms with E-state index in [1.807, 2.05) is 6.07 Å². The first kappa shape index (κ1) is 10.7. The van der Waals surface area contributed by atoms with Crippen LogP contribution in [0.2, 0.25) is 0 Å². The van der Waals surface area contributed by atoms with Gasteiger partial charge in [0, 0.05) is 5.69 Å². The van der Waals surface area contributed by atoms with E-state index >= 15 is 0 Å². The second kappa shape index (κ2) is 4.77. The van der Waals surface area contributed by atoms with Crippen molar-refractivity contribution in [3.8, 4) is 6.07 Å². The minimum atomic E-state index is -0.679. The van der Waals surface area contributed by atoms with Crippen molar-refractivity contribution in [2.24, 2.45) is 5.73 Å². The Morgan fingerprint density at radius 2 is 1.93 bits per heavy atom. The van der Waals surface area contributed by atoms with E-state index in [-0.39, 0.29) is 6.42 Å². The van der Waals surface area contributed by atoms with Crippen LogP contribution in [0.4, 0.5) is 5.69 Å². The van der Waals surface area contributed by atoms with Crippen molar-refractivity contribution in [2.45, 2.75) is 6.42 Å². The van der Waals surface area contributed by atoms with E-state index < -0.39 is 11.8 Å². The fraction of sp³-hybridized carbons (Fsp3) is 0.100. The standard InChI is InChI=1S/C10H9N3O2/c11-6-7-1-3-8(4-2-7)13-10(15)5-9(12)14/h1-4H,5H2,(H2,12,14)(H,13,15). The van der Waals surface area contributed by atoms with E-state index in [9.17, 15) is 9.59 Å². The first-order chi connectivity index (χ1) is 7.11. The number of hydrogen-bond acceptors (Lipinski definition) is 3. The lowest BCUT2D eigenvalue weighted by molar-refractivity contribution is -0.124. The van der Waals surface area contributed by atoms with Crippen LogP contribution in [0.15, 0.2) is 24.3 Å². The summed E-state index contributed by atoms with van der Waals surface area (Å²) in [5.41, 5.74) is 5.88. The first-order valence-electron chi connectivity index (χ1n) is 4.20. The largest absolute Gasteiger partial charge is 0.369 e. The molecule has 0 fully saturated rings. The van der Waals surface area contributed by atoms with Gasteiger partial charge in [-0.15, -0.1) is 0 Å². The van der Waals surface area contributed by atoms with Crippen LogP contribution in [-0.2, 0) is 9.59 Å². The molecule has 5 nitrogen and oxygen atoms in total. The van der Waals surface area contributed by atoms with Gasteiger partial charge in [0.2, 0.25) is 11.8 Å². The number of anilines is 1. The van der Waals surface area contributed by atoms with E-state index in [1.54, 1.807) is 24.3 Å². The third-order valence-corrected chi connectivity index (χ3v) is 1.63. The Balaban J connectivity index is 2.62. The van der Waals surface area contributed by atoms with Gasteiger partial charge in [-0.3, -0.25) is 9.59 Å². The molecule has 2 amide bonds. The van der Waals surface area contributed by atoms with Gasteiger partial charge in [0.25, 0.3) is 0 Å². The van der Waals surface area contributed by atoms with Crippen molar-refractivity contribution in [1.29, 1.82) is 5.26 Å². The molecule has 0 spiro atoms. The van der Waals surface area contributed by atoms with Crippen LogP contribution < -0.4 is 11.1 Å². The second-order valence-electron chi connectivity index (χ2n) is 2.88. The topological polar surface area (TPSA) is 96.0 Å². The summed E-state index contributed by atoms with van der Waals surface area (Å²) in [5.74, 6) is -1.15. The minimum Gasteiger partial charge on any atom is -0.369 e. The summed E-state index contributed by atoms with van der Waals surface area (Å²) in [4.78, 5) is 21.5. The van der Waals surface area contributed by atoms with Crippen LogP contribution in [0.3, 0.4) is 0 Å². The average molecular weight is 203 g/mol. The molecule has 0 aliphatic rings. The maximum absolute atomic E-state index is 11.1. The van der Waals surface area contributed by atoms with Crippen molar-refractivity contribution in [3.63, 3.8) is 0 Å². The molecular weight excluding hydrogens is 194 g/mol. The Morgan fingerprint density at radius 1 is 1.33 bits per heavy atom. The number of rotatable bonds is 3. The molecule has 5 heteroatoms. The van der Waals surface area contributed by atoms with Gasteiger partial charge < -0.3 is 11.1 Å². The lowest BCUT2D eigenvalue weighted by Crippen LogP contribution is -2.21.